The van der Waals surface area contributed by atoms with Crippen molar-refractivity contribution in [2.24, 2.45) is 0 Å². The highest BCUT2D eigenvalue weighted by Gasteiger charge is 2.32. The van der Waals surface area contributed by atoms with Gasteiger partial charge in [-0.2, -0.15) is 5.26 Å². The molecule has 0 atom stereocenters. The second-order valence-electron chi connectivity index (χ2n) is 3.17. The van der Waals surface area contributed by atoms with Crippen molar-refractivity contribution in [3.05, 3.63) is 27.7 Å². The maximum Gasteiger partial charge on any atom is 0.573 e. The molecule has 0 bridgehead atoms. The molecule has 8 heteroatoms. The molecule has 0 radical (unpaired) electrons. The van der Waals surface area contributed by atoms with E-state index in [4.69, 9.17) is 10.4 Å². The Morgan fingerprint density at radius 1 is 1.50 bits per heavy atom. The number of nitrogens with zero attached hydrogens (tertiary/aromatic N) is 1. The largest absolute Gasteiger partial charge is 0.573 e. The second kappa shape index (κ2) is 5.27. The van der Waals surface area contributed by atoms with Gasteiger partial charge in [0.2, 0.25) is 0 Å². The standard InChI is InChI=1S/C10H5BrF3NO3/c11-7-3-8(18-10(12,13)14)6(4-15)1-5(7)2-9(16)17/h1,3H,2H2,(H,16,17). The summed E-state index contributed by atoms with van der Waals surface area (Å²) in [5, 5.41) is 17.3. The lowest BCUT2D eigenvalue weighted by Gasteiger charge is -2.12. The lowest BCUT2D eigenvalue weighted by atomic mass is 10.1. The highest BCUT2D eigenvalue weighted by Crippen LogP contribution is 2.31. The molecule has 0 spiro atoms. The number of aliphatic carboxylic acids is 1. The van der Waals surface area contributed by atoms with Gasteiger partial charge in [0.25, 0.3) is 0 Å². The Morgan fingerprint density at radius 3 is 2.56 bits per heavy atom. The first-order valence-electron chi connectivity index (χ1n) is 4.43. The number of ether oxygens (including phenoxy) is 1. The monoisotopic (exact) mass is 323 g/mol. The predicted molar refractivity (Wildman–Crippen MR) is 56.9 cm³/mol. The number of alkyl halides is 3. The molecular weight excluding hydrogens is 319 g/mol. The molecule has 0 aliphatic heterocycles. The predicted octanol–water partition coefficient (Wildman–Crippen LogP) is 2.85. The van der Waals surface area contributed by atoms with Crippen LogP contribution in [0, 0.1) is 11.3 Å². The van der Waals surface area contributed by atoms with Crippen LogP contribution >= 0.6 is 15.9 Å². The second-order valence-corrected chi connectivity index (χ2v) is 4.02. The molecule has 96 valence electrons. The molecule has 0 amide bonds. The molecule has 0 saturated carbocycles. The zero-order valence-electron chi connectivity index (χ0n) is 8.58. The van der Waals surface area contributed by atoms with Gasteiger partial charge >= 0.3 is 12.3 Å². The fourth-order valence-electron chi connectivity index (χ4n) is 1.19. The van der Waals surface area contributed by atoms with E-state index < -0.39 is 24.5 Å². The van der Waals surface area contributed by atoms with Gasteiger partial charge in [-0.05, 0) is 17.7 Å². The van der Waals surface area contributed by atoms with E-state index in [1.807, 2.05) is 0 Å². The number of halogens is 4. The average Bonchev–Trinajstić information content (AvgIpc) is 2.19. The number of rotatable bonds is 3. The van der Waals surface area contributed by atoms with E-state index in [0.717, 1.165) is 12.1 Å². The maximum atomic E-state index is 12.1. The average molecular weight is 324 g/mol. The zero-order chi connectivity index (χ0) is 13.9. The number of hydrogen-bond acceptors (Lipinski definition) is 3. The molecule has 1 aromatic rings. The molecule has 0 aliphatic carbocycles. The van der Waals surface area contributed by atoms with Crippen molar-refractivity contribution in [2.75, 3.05) is 0 Å². The van der Waals surface area contributed by atoms with E-state index in [1.165, 1.54) is 6.07 Å². The van der Waals surface area contributed by atoms with Crippen molar-refractivity contribution in [1.82, 2.24) is 0 Å². The van der Waals surface area contributed by atoms with E-state index in [-0.39, 0.29) is 15.6 Å². The number of carboxylic acids is 1. The molecule has 1 N–H and O–H groups in total. The molecule has 4 nitrogen and oxygen atoms in total. The van der Waals surface area contributed by atoms with Gasteiger partial charge in [-0.15, -0.1) is 13.2 Å². The molecular formula is C10H5BrF3NO3. The minimum absolute atomic E-state index is 0.128. The third-order valence-electron chi connectivity index (χ3n) is 1.84. The van der Waals surface area contributed by atoms with Crippen LogP contribution in [0.3, 0.4) is 0 Å². The zero-order valence-corrected chi connectivity index (χ0v) is 10.2. The fourth-order valence-corrected chi connectivity index (χ4v) is 1.66. The number of carboxylic acid groups (broad SMARTS) is 1. The van der Waals surface area contributed by atoms with Crippen LogP contribution in [-0.4, -0.2) is 17.4 Å². The molecule has 0 fully saturated rings. The highest BCUT2D eigenvalue weighted by molar-refractivity contribution is 9.10. The minimum atomic E-state index is -4.92. The smallest absolute Gasteiger partial charge is 0.481 e. The van der Waals surface area contributed by atoms with Crippen molar-refractivity contribution >= 4 is 21.9 Å². The summed E-state index contributed by atoms with van der Waals surface area (Å²) in [6, 6.07) is 3.48. The van der Waals surface area contributed by atoms with Crippen molar-refractivity contribution < 1.29 is 27.8 Å². The summed E-state index contributed by atoms with van der Waals surface area (Å²) in [4.78, 5) is 10.5. The van der Waals surface area contributed by atoms with E-state index in [2.05, 4.69) is 20.7 Å². The number of hydrogen-bond donors (Lipinski definition) is 1. The van der Waals surface area contributed by atoms with E-state index >= 15 is 0 Å². The Balaban J connectivity index is 3.19. The van der Waals surface area contributed by atoms with Crippen molar-refractivity contribution in [3.8, 4) is 11.8 Å². The number of nitriles is 1. The van der Waals surface area contributed by atoms with Gasteiger partial charge in [0, 0.05) is 4.47 Å². The molecule has 0 aliphatic rings. The molecule has 0 heterocycles. The van der Waals surface area contributed by atoms with Crippen LogP contribution in [0.1, 0.15) is 11.1 Å². The summed E-state index contributed by atoms with van der Waals surface area (Å²) in [5.41, 5.74) is -0.194. The Labute approximate surface area is 108 Å². The molecule has 0 aromatic heterocycles. The summed E-state index contributed by atoms with van der Waals surface area (Å²) >= 11 is 2.93. The lowest BCUT2D eigenvalue weighted by molar-refractivity contribution is -0.274. The first-order valence-corrected chi connectivity index (χ1v) is 5.22. The van der Waals surface area contributed by atoms with Crippen LogP contribution in [0.5, 0.6) is 5.75 Å². The van der Waals surface area contributed by atoms with Crippen molar-refractivity contribution in [2.45, 2.75) is 12.8 Å². The third kappa shape index (κ3) is 3.92. The Bertz CT molecular complexity index is 522. The Morgan fingerprint density at radius 2 is 2.11 bits per heavy atom. The van der Waals surface area contributed by atoms with Crippen LogP contribution < -0.4 is 4.74 Å². The van der Waals surface area contributed by atoms with Crippen LogP contribution in [0.25, 0.3) is 0 Å². The maximum absolute atomic E-state index is 12.1. The molecule has 1 rings (SSSR count). The van der Waals surface area contributed by atoms with E-state index in [0.29, 0.717) is 0 Å². The summed E-state index contributed by atoms with van der Waals surface area (Å²) in [7, 11) is 0. The van der Waals surface area contributed by atoms with Gasteiger partial charge in [-0.25, -0.2) is 0 Å². The lowest BCUT2D eigenvalue weighted by Crippen LogP contribution is -2.18. The van der Waals surface area contributed by atoms with Gasteiger partial charge in [0.05, 0.1) is 12.0 Å². The summed E-state index contributed by atoms with van der Waals surface area (Å²) in [6.07, 6.45) is -5.33. The first kappa shape index (κ1) is 14.3. The first-order chi connectivity index (χ1) is 8.23. The van der Waals surface area contributed by atoms with Gasteiger partial charge in [-0.1, -0.05) is 15.9 Å². The minimum Gasteiger partial charge on any atom is -0.481 e. The van der Waals surface area contributed by atoms with Gasteiger partial charge in [-0.3, -0.25) is 4.79 Å². The van der Waals surface area contributed by atoms with Crippen LogP contribution in [0.15, 0.2) is 16.6 Å². The van der Waals surface area contributed by atoms with Gasteiger partial charge in [0.1, 0.15) is 11.8 Å². The van der Waals surface area contributed by atoms with Crippen molar-refractivity contribution in [1.29, 1.82) is 5.26 Å². The molecule has 18 heavy (non-hydrogen) atoms. The van der Waals surface area contributed by atoms with E-state index in [9.17, 15) is 18.0 Å². The summed E-state index contributed by atoms with van der Waals surface area (Å²) in [5.74, 6) is -1.84. The summed E-state index contributed by atoms with van der Waals surface area (Å²) in [6.45, 7) is 0. The molecule has 1 aromatic carbocycles. The highest BCUT2D eigenvalue weighted by atomic mass is 79.9. The molecule has 0 unspecified atom stereocenters. The molecule has 0 saturated heterocycles. The van der Waals surface area contributed by atoms with Crippen molar-refractivity contribution in [3.63, 3.8) is 0 Å². The Kier molecular flexibility index (Phi) is 4.19. The van der Waals surface area contributed by atoms with E-state index in [1.54, 1.807) is 0 Å². The third-order valence-corrected chi connectivity index (χ3v) is 2.57. The topological polar surface area (TPSA) is 70.3 Å². The quantitative estimate of drug-likeness (QED) is 0.928. The number of benzene rings is 1. The van der Waals surface area contributed by atoms with Gasteiger partial charge in [0.15, 0.2) is 0 Å². The Hall–Kier alpha value is -1.75. The SMILES string of the molecule is N#Cc1cc(CC(=O)O)c(Br)cc1OC(F)(F)F. The number of carbonyl (C=O) groups is 1. The fraction of sp³-hybridized carbons (Fsp3) is 0.200. The van der Waals surface area contributed by atoms with Crippen LogP contribution in [0.4, 0.5) is 13.2 Å². The van der Waals surface area contributed by atoms with Crippen LogP contribution in [0.2, 0.25) is 0 Å². The normalized spacial score (nSPS) is 10.8. The van der Waals surface area contributed by atoms with Gasteiger partial charge < -0.3 is 9.84 Å². The summed E-state index contributed by atoms with van der Waals surface area (Å²) < 4.78 is 40.0. The van der Waals surface area contributed by atoms with Crippen LogP contribution in [-0.2, 0) is 11.2 Å².